The van der Waals surface area contributed by atoms with E-state index in [1.165, 1.54) is 12.8 Å². The number of hydrogen-bond acceptors (Lipinski definition) is 7. The number of carbonyl (C=O) groups excluding carboxylic acids is 2. The Labute approximate surface area is 368 Å². The Morgan fingerprint density at radius 2 is 1.57 bits per heavy atom. The predicted molar refractivity (Wildman–Crippen MR) is 249 cm³/mol. The standard InChI is InChI=1S/C52H88O7Si/c1-17-18-40-29-44(47(27-34(40)6)59-60(15,16)52(11,12)13)35(7)25-42(54)26-36(8)45(56-31-39-19-22-43(55-14)23-20-39)24-21-41(53)30-46-37(9)28-48-51(57-46)38(10)49(32(2)3)50(58-48)33(4)5/h19-24,32-38,40,44-51H,17-18,25-31H2,1-16H3/b24-21+. The lowest BCUT2D eigenvalue weighted by Gasteiger charge is -2.53. The van der Waals surface area contributed by atoms with Gasteiger partial charge in [0.05, 0.1) is 44.2 Å². The number of ketones is 2. The third-order valence-corrected chi connectivity index (χ3v) is 19.9. The van der Waals surface area contributed by atoms with Crippen LogP contribution in [0.4, 0.5) is 0 Å². The molecule has 2 aliphatic heterocycles. The van der Waals surface area contributed by atoms with E-state index in [0.29, 0.717) is 67.3 Å². The summed E-state index contributed by atoms with van der Waals surface area (Å²) in [6.07, 6.45) is 10.3. The van der Waals surface area contributed by atoms with E-state index in [9.17, 15) is 9.59 Å². The largest absolute Gasteiger partial charge is 0.497 e. The quantitative estimate of drug-likeness (QED) is 0.0954. The summed E-state index contributed by atoms with van der Waals surface area (Å²) in [7, 11) is -0.331. The SMILES string of the molecule is CCCC1CC(C(C)CC(=O)CC(C)C(/C=C/C(=O)CC2OC3C(CC2C)OC(C(C)C)C(C(C)C)C3C)OCc2ccc(OC)cc2)C(O[Si](C)(C)C(C)(C)C)CC1C. The maximum Gasteiger partial charge on any atom is 0.192 e. The van der Waals surface area contributed by atoms with E-state index in [1.807, 2.05) is 30.3 Å². The first-order chi connectivity index (χ1) is 28.1. The maximum atomic E-state index is 14.1. The first kappa shape index (κ1) is 50.8. The van der Waals surface area contributed by atoms with Gasteiger partial charge in [-0.05, 0) is 120 Å². The zero-order valence-electron chi connectivity index (χ0n) is 40.9. The van der Waals surface area contributed by atoms with Crippen LogP contribution in [0.15, 0.2) is 36.4 Å². The molecule has 14 unspecified atom stereocenters. The van der Waals surface area contributed by atoms with E-state index in [4.69, 9.17) is 23.4 Å². The number of methoxy groups -OCH3 is 1. The molecule has 3 fully saturated rings. The summed E-state index contributed by atoms with van der Waals surface area (Å²) in [5, 5.41) is 0.132. The van der Waals surface area contributed by atoms with Crippen LogP contribution >= 0.6 is 0 Å². The Morgan fingerprint density at radius 1 is 0.900 bits per heavy atom. The van der Waals surface area contributed by atoms with Gasteiger partial charge in [-0.2, -0.15) is 0 Å². The predicted octanol–water partition coefficient (Wildman–Crippen LogP) is 12.7. The average Bonchev–Trinajstić information content (AvgIpc) is 3.15. The normalized spacial score (nSPS) is 31.9. The second kappa shape index (κ2) is 22.2. The number of fused-ring (bicyclic) bond motifs is 1. The molecule has 60 heavy (non-hydrogen) atoms. The summed E-state index contributed by atoms with van der Waals surface area (Å²) in [6.45, 7) is 34.8. The number of ether oxygens (including phenoxy) is 4. The molecular weight excluding hydrogens is 765 g/mol. The van der Waals surface area contributed by atoms with Crippen LogP contribution in [0.25, 0.3) is 0 Å². The molecule has 2 saturated heterocycles. The topological polar surface area (TPSA) is 80.3 Å². The van der Waals surface area contributed by atoms with Crippen molar-refractivity contribution >= 4 is 19.9 Å². The Hall–Kier alpha value is -1.84. The second-order valence-corrected chi connectivity index (χ2v) is 26.8. The fourth-order valence-corrected chi connectivity index (χ4v) is 12.1. The van der Waals surface area contributed by atoms with Crippen molar-refractivity contribution in [2.24, 2.45) is 59.2 Å². The fraction of sp³-hybridized carbons (Fsp3) is 0.808. The summed E-state index contributed by atoms with van der Waals surface area (Å²) >= 11 is 0. The Kier molecular flexibility index (Phi) is 18.8. The van der Waals surface area contributed by atoms with Gasteiger partial charge in [0.1, 0.15) is 11.5 Å². The third kappa shape index (κ3) is 13.3. The molecule has 4 rings (SSSR count). The molecule has 0 aromatic heterocycles. The zero-order valence-corrected chi connectivity index (χ0v) is 41.9. The monoisotopic (exact) mass is 853 g/mol. The van der Waals surface area contributed by atoms with Gasteiger partial charge in [-0.15, -0.1) is 0 Å². The molecule has 1 aromatic carbocycles. The van der Waals surface area contributed by atoms with Crippen LogP contribution in [0.1, 0.15) is 147 Å². The van der Waals surface area contributed by atoms with Gasteiger partial charge in [-0.25, -0.2) is 0 Å². The fourth-order valence-electron chi connectivity index (χ4n) is 10.7. The minimum atomic E-state index is -1.99. The van der Waals surface area contributed by atoms with Crippen molar-refractivity contribution in [3.8, 4) is 5.75 Å². The van der Waals surface area contributed by atoms with Crippen molar-refractivity contribution in [1.29, 1.82) is 0 Å². The van der Waals surface area contributed by atoms with Crippen LogP contribution in [0, 0.1) is 59.2 Å². The van der Waals surface area contributed by atoms with Crippen LogP contribution in [0.2, 0.25) is 18.1 Å². The highest BCUT2D eigenvalue weighted by Gasteiger charge is 2.50. The maximum absolute atomic E-state index is 14.1. The van der Waals surface area contributed by atoms with Crippen molar-refractivity contribution in [2.45, 2.75) is 203 Å². The molecule has 1 saturated carbocycles. The lowest BCUT2D eigenvalue weighted by atomic mass is 9.67. The number of Topliss-reactive ketones (excluding diaryl/α,β-unsaturated/α-hetero) is 1. The van der Waals surface area contributed by atoms with Gasteiger partial charge >= 0.3 is 0 Å². The number of carbonyl (C=O) groups is 2. The molecule has 0 spiro atoms. The molecule has 0 bridgehead atoms. The zero-order chi connectivity index (χ0) is 44.7. The number of hydrogen-bond donors (Lipinski definition) is 0. The summed E-state index contributed by atoms with van der Waals surface area (Å²) in [6, 6.07) is 7.86. The second-order valence-electron chi connectivity index (χ2n) is 22.0. The smallest absolute Gasteiger partial charge is 0.192 e. The van der Waals surface area contributed by atoms with E-state index in [2.05, 4.69) is 103 Å². The summed E-state index contributed by atoms with van der Waals surface area (Å²) in [4.78, 5) is 27.8. The molecule has 2 heterocycles. The van der Waals surface area contributed by atoms with Gasteiger partial charge in [0.2, 0.25) is 0 Å². The van der Waals surface area contributed by atoms with Crippen molar-refractivity contribution in [2.75, 3.05) is 7.11 Å². The van der Waals surface area contributed by atoms with E-state index >= 15 is 0 Å². The lowest BCUT2D eigenvalue weighted by Crippen LogP contribution is -2.58. The van der Waals surface area contributed by atoms with Crippen LogP contribution in [0.3, 0.4) is 0 Å². The summed E-state index contributed by atoms with van der Waals surface area (Å²) < 4.78 is 32.7. The molecule has 342 valence electrons. The summed E-state index contributed by atoms with van der Waals surface area (Å²) in [5.74, 6) is 4.74. The molecule has 1 aromatic rings. The Balaban J connectivity index is 1.46. The van der Waals surface area contributed by atoms with Crippen molar-refractivity contribution in [1.82, 2.24) is 0 Å². The van der Waals surface area contributed by atoms with Crippen molar-refractivity contribution in [3.05, 3.63) is 42.0 Å². The van der Waals surface area contributed by atoms with Crippen molar-refractivity contribution in [3.63, 3.8) is 0 Å². The average molecular weight is 853 g/mol. The highest BCUT2D eigenvalue weighted by Crippen LogP contribution is 2.47. The summed E-state index contributed by atoms with van der Waals surface area (Å²) in [5.41, 5.74) is 1.01. The van der Waals surface area contributed by atoms with E-state index in [-0.39, 0.29) is 64.9 Å². The number of rotatable bonds is 20. The van der Waals surface area contributed by atoms with Crippen LogP contribution in [-0.4, -0.2) is 63.6 Å². The van der Waals surface area contributed by atoms with Gasteiger partial charge in [0.15, 0.2) is 14.1 Å². The number of benzene rings is 1. The van der Waals surface area contributed by atoms with Crippen LogP contribution in [0.5, 0.6) is 5.75 Å². The van der Waals surface area contributed by atoms with Gasteiger partial charge < -0.3 is 23.4 Å². The molecule has 0 radical (unpaired) electrons. The minimum absolute atomic E-state index is 0.0113. The van der Waals surface area contributed by atoms with Crippen LogP contribution in [-0.2, 0) is 34.8 Å². The third-order valence-electron chi connectivity index (χ3n) is 15.4. The van der Waals surface area contributed by atoms with E-state index in [0.717, 1.165) is 30.6 Å². The molecule has 3 aliphatic rings. The number of allylic oxidation sites excluding steroid dienone is 1. The van der Waals surface area contributed by atoms with Crippen molar-refractivity contribution < 1.29 is 33.0 Å². The van der Waals surface area contributed by atoms with Gasteiger partial charge in [0, 0.05) is 25.4 Å². The lowest BCUT2D eigenvalue weighted by molar-refractivity contribution is -0.253. The van der Waals surface area contributed by atoms with E-state index in [1.54, 1.807) is 13.2 Å². The Bertz CT molecular complexity index is 1510. The molecule has 0 amide bonds. The molecule has 1 aliphatic carbocycles. The van der Waals surface area contributed by atoms with Gasteiger partial charge in [-0.3, -0.25) is 9.59 Å². The van der Waals surface area contributed by atoms with Crippen LogP contribution < -0.4 is 4.74 Å². The minimum Gasteiger partial charge on any atom is -0.497 e. The molecule has 14 atom stereocenters. The van der Waals surface area contributed by atoms with Gasteiger partial charge in [-0.1, -0.05) is 121 Å². The first-order valence-electron chi connectivity index (χ1n) is 24.0. The molecular formula is C52H88O7Si. The van der Waals surface area contributed by atoms with E-state index < -0.39 is 14.4 Å². The first-order valence-corrected chi connectivity index (χ1v) is 26.9. The molecule has 7 nitrogen and oxygen atoms in total. The molecule has 8 heteroatoms. The van der Waals surface area contributed by atoms with Gasteiger partial charge in [0.25, 0.3) is 0 Å². The molecule has 0 N–H and O–H groups in total. The highest BCUT2D eigenvalue weighted by molar-refractivity contribution is 6.74. The Morgan fingerprint density at radius 3 is 2.15 bits per heavy atom. The highest BCUT2D eigenvalue weighted by atomic mass is 28.4.